The van der Waals surface area contributed by atoms with Gasteiger partial charge in [0.2, 0.25) is 0 Å². The van der Waals surface area contributed by atoms with Crippen molar-refractivity contribution in [3.63, 3.8) is 0 Å². The van der Waals surface area contributed by atoms with Gasteiger partial charge in [-0.1, -0.05) is 15.9 Å². The molecule has 120 valence electrons. The largest absolute Gasteiger partial charge is 0.416 e. The number of halogens is 4. The normalized spacial score (nSPS) is 16.1. The van der Waals surface area contributed by atoms with Gasteiger partial charge in [0.15, 0.2) is 0 Å². The number of benzene rings is 1. The van der Waals surface area contributed by atoms with Crippen LogP contribution in [0.25, 0.3) is 0 Å². The van der Waals surface area contributed by atoms with E-state index in [2.05, 4.69) is 15.9 Å². The van der Waals surface area contributed by atoms with E-state index in [0.29, 0.717) is 10.0 Å². The fourth-order valence-electron chi connectivity index (χ4n) is 1.80. The molecule has 0 heterocycles. The monoisotopic (exact) mass is 385 g/mol. The molecule has 0 saturated heterocycles. The van der Waals surface area contributed by atoms with Crippen LogP contribution in [-0.4, -0.2) is 20.3 Å². The highest BCUT2D eigenvalue weighted by atomic mass is 79.9. The standard InChI is InChI=1S/C14H19BrF3NOS/c1-9(19(5)21(20)13(2,3)4)10-6-11(14(16,17)18)8-12(15)7-10/h6-9H,1-5H3/t9-,21+/m1/s1. The Balaban J connectivity index is 3.16. The molecule has 0 N–H and O–H groups in total. The van der Waals surface area contributed by atoms with Crippen molar-refractivity contribution in [1.29, 1.82) is 0 Å². The van der Waals surface area contributed by atoms with Crippen molar-refractivity contribution in [2.75, 3.05) is 7.05 Å². The first-order valence-corrected chi connectivity index (χ1v) is 8.26. The Morgan fingerprint density at radius 3 is 2.14 bits per heavy atom. The molecule has 1 aromatic rings. The van der Waals surface area contributed by atoms with E-state index >= 15 is 0 Å². The minimum Gasteiger partial charge on any atom is -0.242 e. The van der Waals surface area contributed by atoms with Gasteiger partial charge in [-0.25, -0.2) is 8.51 Å². The van der Waals surface area contributed by atoms with Crippen LogP contribution in [0.4, 0.5) is 13.2 Å². The number of rotatable bonds is 3. The second-order valence-corrected chi connectivity index (χ2v) is 9.07. The molecular formula is C14H19BrF3NOS. The van der Waals surface area contributed by atoms with Crippen LogP contribution in [0.2, 0.25) is 0 Å². The molecule has 0 aliphatic rings. The van der Waals surface area contributed by atoms with Crippen LogP contribution in [0.5, 0.6) is 0 Å². The van der Waals surface area contributed by atoms with Crippen LogP contribution < -0.4 is 0 Å². The predicted molar refractivity (Wildman–Crippen MR) is 83.2 cm³/mol. The van der Waals surface area contributed by atoms with Crippen molar-refractivity contribution in [3.8, 4) is 0 Å². The van der Waals surface area contributed by atoms with Crippen LogP contribution >= 0.6 is 15.9 Å². The van der Waals surface area contributed by atoms with Gasteiger partial charge in [0.1, 0.15) is 0 Å². The van der Waals surface area contributed by atoms with Crippen molar-refractivity contribution >= 4 is 26.9 Å². The van der Waals surface area contributed by atoms with Crippen LogP contribution in [0.3, 0.4) is 0 Å². The fraction of sp³-hybridized carbons (Fsp3) is 0.571. The van der Waals surface area contributed by atoms with E-state index in [0.717, 1.165) is 12.1 Å². The third-order valence-electron chi connectivity index (χ3n) is 3.06. The Bertz CT molecular complexity index is 540. The zero-order valence-corrected chi connectivity index (χ0v) is 15.0. The van der Waals surface area contributed by atoms with Gasteiger partial charge >= 0.3 is 6.18 Å². The summed E-state index contributed by atoms with van der Waals surface area (Å²) < 4.78 is 52.4. The molecule has 1 aromatic carbocycles. The summed E-state index contributed by atoms with van der Waals surface area (Å²) in [7, 11) is 0.343. The summed E-state index contributed by atoms with van der Waals surface area (Å²) in [4.78, 5) is 0. The van der Waals surface area contributed by atoms with Crippen molar-refractivity contribution in [2.24, 2.45) is 0 Å². The number of nitrogens with zero attached hydrogens (tertiary/aromatic N) is 1. The first-order valence-electron chi connectivity index (χ1n) is 6.36. The lowest BCUT2D eigenvalue weighted by atomic mass is 10.1. The Kier molecular flexibility index (Phi) is 5.67. The van der Waals surface area contributed by atoms with Gasteiger partial charge in [0.05, 0.1) is 21.3 Å². The maximum Gasteiger partial charge on any atom is 0.416 e. The third kappa shape index (κ3) is 4.79. The molecule has 0 aliphatic heterocycles. The number of alkyl halides is 3. The summed E-state index contributed by atoms with van der Waals surface area (Å²) in [5.74, 6) is 0. The average Bonchev–Trinajstić information content (AvgIpc) is 2.33. The number of hydrogen-bond acceptors (Lipinski definition) is 1. The summed E-state index contributed by atoms with van der Waals surface area (Å²) >= 11 is 3.11. The molecule has 1 rings (SSSR count). The minimum absolute atomic E-state index is 0.356. The van der Waals surface area contributed by atoms with E-state index in [1.165, 1.54) is 0 Å². The van der Waals surface area contributed by atoms with E-state index in [1.807, 2.05) is 20.8 Å². The Labute approximate surface area is 134 Å². The third-order valence-corrected chi connectivity index (χ3v) is 5.41. The highest BCUT2D eigenvalue weighted by molar-refractivity contribution is 9.10. The molecule has 0 aliphatic carbocycles. The minimum atomic E-state index is -4.40. The summed E-state index contributed by atoms with van der Waals surface area (Å²) in [6.07, 6.45) is -4.40. The molecule has 0 radical (unpaired) electrons. The zero-order chi connectivity index (χ0) is 16.6. The lowest BCUT2D eigenvalue weighted by molar-refractivity contribution is -0.137. The van der Waals surface area contributed by atoms with Crippen LogP contribution in [0, 0.1) is 0 Å². The summed E-state index contributed by atoms with van der Waals surface area (Å²) in [6, 6.07) is 3.36. The molecular weight excluding hydrogens is 367 g/mol. The summed E-state index contributed by atoms with van der Waals surface area (Å²) in [5.41, 5.74) is -0.245. The molecule has 2 nitrogen and oxygen atoms in total. The maximum absolute atomic E-state index is 12.9. The molecule has 0 spiro atoms. The van der Waals surface area contributed by atoms with Crippen LogP contribution in [0.1, 0.15) is 44.9 Å². The van der Waals surface area contributed by atoms with E-state index in [4.69, 9.17) is 0 Å². The maximum atomic E-state index is 12.9. The summed E-state index contributed by atoms with van der Waals surface area (Å²) in [6.45, 7) is 7.22. The Morgan fingerprint density at radius 1 is 1.19 bits per heavy atom. The van der Waals surface area contributed by atoms with Gasteiger partial charge in [0.25, 0.3) is 0 Å². The highest BCUT2D eigenvalue weighted by Gasteiger charge is 2.33. The van der Waals surface area contributed by atoms with Crippen molar-refractivity contribution in [2.45, 2.75) is 44.7 Å². The molecule has 0 saturated carbocycles. The average molecular weight is 386 g/mol. The first-order chi connectivity index (χ1) is 9.34. The first kappa shape index (κ1) is 18.6. The molecule has 0 aromatic heterocycles. The Hall–Kier alpha value is -0.400. The molecule has 0 amide bonds. The molecule has 0 unspecified atom stereocenters. The smallest absolute Gasteiger partial charge is 0.242 e. The quantitative estimate of drug-likeness (QED) is 0.722. The van der Waals surface area contributed by atoms with E-state index in [9.17, 15) is 17.4 Å². The van der Waals surface area contributed by atoms with Gasteiger partial charge < -0.3 is 0 Å². The SMILES string of the molecule is C[C@H](c1cc(Br)cc(C(F)(F)F)c1)N(C)[S@@](=O)C(C)(C)C. The molecule has 7 heteroatoms. The van der Waals surface area contributed by atoms with E-state index < -0.39 is 33.5 Å². The van der Waals surface area contributed by atoms with E-state index in [-0.39, 0.29) is 0 Å². The van der Waals surface area contributed by atoms with Gasteiger partial charge in [0, 0.05) is 17.6 Å². The Morgan fingerprint density at radius 2 is 1.71 bits per heavy atom. The lowest BCUT2D eigenvalue weighted by Gasteiger charge is -2.30. The molecule has 21 heavy (non-hydrogen) atoms. The fourth-order valence-corrected chi connectivity index (χ4v) is 3.59. The van der Waals surface area contributed by atoms with Crippen molar-refractivity contribution < 1.29 is 17.4 Å². The van der Waals surface area contributed by atoms with Gasteiger partial charge in [-0.15, -0.1) is 0 Å². The van der Waals surface area contributed by atoms with Gasteiger partial charge in [-0.2, -0.15) is 13.2 Å². The molecule has 2 atom stereocenters. The highest BCUT2D eigenvalue weighted by Crippen LogP contribution is 2.35. The lowest BCUT2D eigenvalue weighted by Crippen LogP contribution is -2.36. The van der Waals surface area contributed by atoms with Gasteiger partial charge in [-0.3, -0.25) is 0 Å². The van der Waals surface area contributed by atoms with Crippen LogP contribution in [0.15, 0.2) is 22.7 Å². The molecule has 0 fully saturated rings. The van der Waals surface area contributed by atoms with Crippen LogP contribution in [-0.2, 0) is 17.2 Å². The molecule has 0 bridgehead atoms. The second kappa shape index (κ2) is 6.38. The van der Waals surface area contributed by atoms with Crippen molar-refractivity contribution in [3.05, 3.63) is 33.8 Å². The zero-order valence-electron chi connectivity index (χ0n) is 12.6. The summed E-state index contributed by atoms with van der Waals surface area (Å²) in [5, 5.41) is 0. The topological polar surface area (TPSA) is 20.3 Å². The second-order valence-electron chi connectivity index (χ2n) is 5.85. The van der Waals surface area contributed by atoms with Crippen molar-refractivity contribution in [1.82, 2.24) is 4.31 Å². The van der Waals surface area contributed by atoms with Gasteiger partial charge in [-0.05, 0) is 51.5 Å². The van der Waals surface area contributed by atoms with E-state index in [1.54, 1.807) is 24.3 Å². The predicted octanol–water partition coefficient (Wildman–Crippen LogP) is 4.92. The number of hydrogen-bond donors (Lipinski definition) is 0.